The van der Waals surface area contributed by atoms with E-state index in [9.17, 15) is 0 Å². The molecule has 0 saturated heterocycles. The highest BCUT2D eigenvalue weighted by Gasteiger charge is 2.40. The summed E-state index contributed by atoms with van der Waals surface area (Å²) in [5, 5.41) is 0. The Kier molecular flexibility index (Phi) is 5.50. The van der Waals surface area contributed by atoms with Crippen LogP contribution >= 0.6 is 0 Å². The van der Waals surface area contributed by atoms with Crippen molar-refractivity contribution < 1.29 is 0 Å². The van der Waals surface area contributed by atoms with Gasteiger partial charge in [-0.25, -0.2) is 0 Å². The van der Waals surface area contributed by atoms with Gasteiger partial charge in [0.2, 0.25) is 0 Å². The highest BCUT2D eigenvalue weighted by molar-refractivity contribution is 4.97. The lowest BCUT2D eigenvalue weighted by Gasteiger charge is -2.46. The first-order valence-corrected chi connectivity index (χ1v) is 7.64. The van der Waals surface area contributed by atoms with Crippen LogP contribution in [0.3, 0.4) is 0 Å². The Morgan fingerprint density at radius 2 is 1.82 bits per heavy atom. The topological polar surface area (TPSA) is 26.0 Å². The third-order valence-corrected chi connectivity index (χ3v) is 4.67. The monoisotopic (exact) mass is 239 g/mol. The van der Waals surface area contributed by atoms with Gasteiger partial charge in [-0.05, 0) is 42.9 Å². The molecule has 1 nitrogen and oxygen atoms in total. The van der Waals surface area contributed by atoms with Crippen molar-refractivity contribution in [1.29, 1.82) is 0 Å². The Bertz CT molecular complexity index is 222. The molecule has 0 radical (unpaired) electrons. The molecule has 1 aliphatic rings. The fraction of sp³-hybridized carbons (Fsp3) is 1.00. The lowest BCUT2D eigenvalue weighted by molar-refractivity contribution is 0.0981. The van der Waals surface area contributed by atoms with Gasteiger partial charge in [0.25, 0.3) is 0 Å². The Balaban J connectivity index is 2.58. The Morgan fingerprint density at radius 3 is 2.35 bits per heavy atom. The zero-order chi connectivity index (χ0) is 13.1. The summed E-state index contributed by atoms with van der Waals surface area (Å²) < 4.78 is 0. The molecule has 0 aliphatic heterocycles. The summed E-state index contributed by atoms with van der Waals surface area (Å²) >= 11 is 0. The van der Waals surface area contributed by atoms with Gasteiger partial charge in [-0.15, -0.1) is 0 Å². The minimum absolute atomic E-state index is 0.126. The van der Waals surface area contributed by atoms with E-state index in [1.807, 2.05) is 0 Å². The van der Waals surface area contributed by atoms with Crippen LogP contribution in [0.25, 0.3) is 0 Å². The number of rotatable bonds is 5. The first-order valence-electron chi connectivity index (χ1n) is 7.64. The fourth-order valence-electron chi connectivity index (χ4n) is 3.78. The van der Waals surface area contributed by atoms with Gasteiger partial charge in [0.15, 0.2) is 0 Å². The fourth-order valence-corrected chi connectivity index (χ4v) is 3.78. The summed E-state index contributed by atoms with van der Waals surface area (Å²) in [7, 11) is 0. The van der Waals surface area contributed by atoms with Gasteiger partial charge in [-0.3, -0.25) is 0 Å². The molecule has 0 bridgehead atoms. The van der Waals surface area contributed by atoms with Gasteiger partial charge in [0, 0.05) is 5.54 Å². The average Bonchev–Trinajstić information content (AvgIpc) is 2.15. The third-order valence-electron chi connectivity index (χ3n) is 4.67. The van der Waals surface area contributed by atoms with Crippen molar-refractivity contribution in [2.45, 2.75) is 78.7 Å². The molecule has 3 unspecified atom stereocenters. The predicted octanol–water partition coefficient (Wildman–Crippen LogP) is 4.60. The maximum atomic E-state index is 6.78. The molecule has 0 heterocycles. The summed E-state index contributed by atoms with van der Waals surface area (Å²) in [4.78, 5) is 0. The van der Waals surface area contributed by atoms with Gasteiger partial charge in [0.05, 0.1) is 0 Å². The molecule has 0 amide bonds. The van der Waals surface area contributed by atoms with E-state index in [1.165, 1.54) is 38.5 Å². The molecule has 2 N–H and O–H groups in total. The lowest BCUT2D eigenvalue weighted by Crippen LogP contribution is -2.52. The van der Waals surface area contributed by atoms with Gasteiger partial charge in [-0.2, -0.15) is 0 Å². The van der Waals surface area contributed by atoms with E-state index in [4.69, 9.17) is 5.73 Å². The van der Waals surface area contributed by atoms with E-state index in [2.05, 4.69) is 34.6 Å². The summed E-state index contributed by atoms with van der Waals surface area (Å²) in [5.41, 5.74) is 6.91. The highest BCUT2D eigenvalue weighted by atomic mass is 14.8. The van der Waals surface area contributed by atoms with Crippen LogP contribution < -0.4 is 5.73 Å². The normalized spacial score (nSPS) is 34.6. The predicted molar refractivity (Wildman–Crippen MR) is 77.0 cm³/mol. The third kappa shape index (κ3) is 4.28. The number of nitrogens with two attached hydrogens (primary N) is 1. The molecule has 1 rings (SSSR count). The van der Waals surface area contributed by atoms with Crippen molar-refractivity contribution in [2.24, 2.45) is 29.4 Å². The van der Waals surface area contributed by atoms with Crippen LogP contribution in [0.5, 0.6) is 0 Å². The van der Waals surface area contributed by atoms with E-state index in [0.29, 0.717) is 0 Å². The van der Waals surface area contributed by atoms with E-state index < -0.39 is 0 Å². The first kappa shape index (κ1) is 15.0. The van der Waals surface area contributed by atoms with Gasteiger partial charge in [0.1, 0.15) is 0 Å². The van der Waals surface area contributed by atoms with Gasteiger partial charge < -0.3 is 5.73 Å². The minimum Gasteiger partial charge on any atom is -0.325 e. The molecule has 17 heavy (non-hydrogen) atoms. The largest absolute Gasteiger partial charge is 0.325 e. The molecular formula is C16H33N. The lowest BCUT2D eigenvalue weighted by atomic mass is 9.63. The molecule has 0 aromatic rings. The van der Waals surface area contributed by atoms with Crippen molar-refractivity contribution >= 4 is 0 Å². The van der Waals surface area contributed by atoms with Crippen LogP contribution in [0.4, 0.5) is 0 Å². The van der Waals surface area contributed by atoms with E-state index in [-0.39, 0.29) is 5.54 Å². The van der Waals surface area contributed by atoms with Crippen LogP contribution in [0.1, 0.15) is 73.1 Å². The number of hydrogen-bond acceptors (Lipinski definition) is 1. The minimum atomic E-state index is 0.126. The standard InChI is InChI=1S/C16H33N/c1-12(2)7-6-10-16(17)11-14(5)8-9-15(16)13(3)4/h12-15H,6-11,17H2,1-5H3. The molecule has 1 aliphatic carbocycles. The molecule has 1 saturated carbocycles. The van der Waals surface area contributed by atoms with Crippen molar-refractivity contribution in [3.63, 3.8) is 0 Å². The summed E-state index contributed by atoms with van der Waals surface area (Å²) in [6.45, 7) is 11.7. The zero-order valence-electron chi connectivity index (χ0n) is 12.6. The first-order chi connectivity index (χ1) is 7.85. The summed E-state index contributed by atoms with van der Waals surface area (Å²) in [6, 6.07) is 0. The molecule has 3 atom stereocenters. The Labute approximate surface area is 109 Å². The van der Waals surface area contributed by atoms with Crippen LogP contribution in [0, 0.1) is 23.7 Å². The smallest absolute Gasteiger partial charge is 0.0187 e. The van der Waals surface area contributed by atoms with E-state index >= 15 is 0 Å². The van der Waals surface area contributed by atoms with Crippen LogP contribution in [-0.2, 0) is 0 Å². The Morgan fingerprint density at radius 1 is 1.18 bits per heavy atom. The second kappa shape index (κ2) is 6.22. The average molecular weight is 239 g/mol. The van der Waals surface area contributed by atoms with Gasteiger partial charge in [-0.1, -0.05) is 53.9 Å². The van der Waals surface area contributed by atoms with Crippen molar-refractivity contribution in [2.75, 3.05) is 0 Å². The summed E-state index contributed by atoms with van der Waals surface area (Å²) in [6.07, 6.45) is 7.84. The highest BCUT2D eigenvalue weighted by Crippen LogP contribution is 2.42. The molecule has 0 spiro atoms. The molecular weight excluding hydrogens is 206 g/mol. The maximum absolute atomic E-state index is 6.78. The van der Waals surface area contributed by atoms with Gasteiger partial charge >= 0.3 is 0 Å². The van der Waals surface area contributed by atoms with E-state index in [0.717, 1.165) is 23.7 Å². The molecule has 102 valence electrons. The van der Waals surface area contributed by atoms with E-state index in [1.54, 1.807) is 0 Å². The molecule has 0 aromatic carbocycles. The van der Waals surface area contributed by atoms with Crippen molar-refractivity contribution in [3.8, 4) is 0 Å². The van der Waals surface area contributed by atoms with Crippen LogP contribution in [-0.4, -0.2) is 5.54 Å². The SMILES string of the molecule is CC(C)CCCC1(N)CC(C)CCC1C(C)C. The van der Waals surface area contributed by atoms with Crippen LogP contribution in [0.15, 0.2) is 0 Å². The van der Waals surface area contributed by atoms with Crippen LogP contribution in [0.2, 0.25) is 0 Å². The second-order valence-corrected chi connectivity index (χ2v) is 7.26. The summed E-state index contributed by atoms with van der Waals surface area (Å²) in [5.74, 6) is 3.13. The molecule has 1 fully saturated rings. The second-order valence-electron chi connectivity index (χ2n) is 7.26. The molecule has 0 aromatic heterocycles. The maximum Gasteiger partial charge on any atom is 0.0187 e. The van der Waals surface area contributed by atoms with Crippen molar-refractivity contribution in [1.82, 2.24) is 0 Å². The Hall–Kier alpha value is -0.0400. The number of hydrogen-bond donors (Lipinski definition) is 1. The van der Waals surface area contributed by atoms with Crippen molar-refractivity contribution in [3.05, 3.63) is 0 Å². The molecule has 1 heteroatoms. The quantitative estimate of drug-likeness (QED) is 0.745. The zero-order valence-corrected chi connectivity index (χ0v) is 12.6.